The summed E-state index contributed by atoms with van der Waals surface area (Å²) in [6.45, 7) is 5.49. The van der Waals surface area contributed by atoms with Crippen LogP contribution in [0.4, 0.5) is 40.2 Å². The molecule has 2 aliphatic rings. The second kappa shape index (κ2) is 27.6. The van der Waals surface area contributed by atoms with Gasteiger partial charge < -0.3 is 30.3 Å². The Bertz CT molecular complexity index is 4010. The van der Waals surface area contributed by atoms with Gasteiger partial charge in [0, 0.05) is 55.8 Å². The van der Waals surface area contributed by atoms with Crippen LogP contribution in [-0.2, 0) is 32.8 Å². The van der Waals surface area contributed by atoms with Crippen molar-refractivity contribution >= 4 is 111 Å². The molecule has 0 amide bonds. The summed E-state index contributed by atoms with van der Waals surface area (Å²) in [7, 11) is -2.64. The van der Waals surface area contributed by atoms with Crippen molar-refractivity contribution in [1.82, 2.24) is 34.8 Å². The number of carbonyl (C=O) groups is 2. The van der Waals surface area contributed by atoms with Crippen molar-refractivity contribution < 1.29 is 45.7 Å². The number of ether oxygens (including phenoxy) is 2. The number of carbonyl (C=O) groups excluding carboxylic acids is 2. The molecule has 0 saturated carbocycles. The van der Waals surface area contributed by atoms with Gasteiger partial charge in [0.15, 0.2) is 31.2 Å². The van der Waals surface area contributed by atoms with Crippen molar-refractivity contribution in [1.29, 1.82) is 0 Å². The van der Waals surface area contributed by atoms with Gasteiger partial charge in [0.25, 0.3) is 0 Å². The molecule has 2 saturated heterocycles. The zero-order chi connectivity index (χ0) is 61.2. The molecular formula is C56H55BrCl2N12O12S2. The van der Waals surface area contributed by atoms with Crippen LogP contribution in [0.1, 0.15) is 54.4 Å². The molecule has 24 nitrogen and oxygen atoms in total. The van der Waals surface area contributed by atoms with Crippen LogP contribution in [0, 0.1) is 34.1 Å². The predicted octanol–water partition coefficient (Wildman–Crippen LogP) is 9.36. The number of halogens is 3. The van der Waals surface area contributed by atoms with Crippen molar-refractivity contribution in [3.63, 3.8) is 0 Å². The van der Waals surface area contributed by atoms with Crippen LogP contribution in [-0.4, -0.2) is 131 Å². The Morgan fingerprint density at radius 2 is 1.04 bits per heavy atom. The minimum absolute atomic E-state index is 0.00678. The van der Waals surface area contributed by atoms with Crippen LogP contribution >= 0.6 is 39.1 Å². The number of nitrogens with zero attached hydrogens (tertiary/aromatic N) is 9. The van der Waals surface area contributed by atoms with Crippen LogP contribution < -0.4 is 30.3 Å². The van der Waals surface area contributed by atoms with E-state index in [1.54, 1.807) is 106 Å². The molecular weight excluding hydrogens is 1250 g/mol. The van der Waals surface area contributed by atoms with Crippen molar-refractivity contribution in [3.05, 3.63) is 201 Å². The van der Waals surface area contributed by atoms with Gasteiger partial charge in [0.1, 0.15) is 33.3 Å². The van der Waals surface area contributed by atoms with E-state index in [0.29, 0.717) is 70.1 Å². The zero-order valence-electron chi connectivity index (χ0n) is 46.0. The summed E-state index contributed by atoms with van der Waals surface area (Å²) in [5, 5.41) is 42.5. The van der Waals surface area contributed by atoms with Crippen LogP contribution in [0.25, 0.3) is 0 Å². The Kier molecular flexibility index (Phi) is 20.3. The Hall–Kier alpha value is -8.34. The predicted molar refractivity (Wildman–Crippen MR) is 326 cm³/mol. The lowest BCUT2D eigenvalue weighted by Gasteiger charge is -2.28. The first-order valence-electron chi connectivity index (χ1n) is 25.9. The maximum absolute atomic E-state index is 13.6. The number of rotatable bonds is 17. The van der Waals surface area contributed by atoms with E-state index in [-0.39, 0.29) is 97.9 Å². The molecule has 0 radical (unpaired) electrons. The SMILES string of the molecule is COc1ccc(Cn2nc(Nc3cc(Br)ncc3C(=O)c3ccccc3Cl)c([N+](=O)[O-])c2C)cc1.COc1ccc(Cn2nc(Nc3cc(N4CCS(=O)(=O)CC4)ncc3C(=O)c3ccccc3Cl)c([N+](=O)[O-])c2C)cc1.O=S1(=O)CCNCC1. The van der Waals surface area contributed by atoms with Crippen LogP contribution in [0.5, 0.6) is 11.5 Å². The van der Waals surface area contributed by atoms with Gasteiger partial charge in [0.2, 0.25) is 11.6 Å². The number of hydrogen-bond acceptors (Lipinski definition) is 20. The van der Waals surface area contributed by atoms with Gasteiger partial charge in [0.05, 0.1) is 92.7 Å². The fraction of sp³-hybridized carbons (Fsp3) is 0.250. The number of nitrogens with one attached hydrogen (secondary N) is 3. The van der Waals surface area contributed by atoms with E-state index >= 15 is 0 Å². The van der Waals surface area contributed by atoms with Gasteiger partial charge >= 0.3 is 11.4 Å². The van der Waals surface area contributed by atoms with Crippen molar-refractivity contribution in [2.24, 2.45) is 0 Å². The van der Waals surface area contributed by atoms with Gasteiger partial charge in [-0.1, -0.05) is 71.7 Å². The quantitative estimate of drug-likeness (QED) is 0.0331. The third kappa shape index (κ3) is 15.7. The zero-order valence-corrected chi connectivity index (χ0v) is 50.7. The first-order valence-corrected chi connectivity index (χ1v) is 31.1. The molecule has 29 heteroatoms. The van der Waals surface area contributed by atoms with E-state index in [9.17, 15) is 46.7 Å². The standard InChI is InChI=1S/C28H27ClN6O6S.C24H19BrClN5O4.C4H9NO2S/c1-18-26(35(37)38)28(32-34(18)17-19-7-9-20(41-2)10-8-19)31-24-15-25(33-11-13-42(39,40)14-12-33)30-16-22(24)27(36)21-5-3-4-6-23(21)29;1-14-22(31(33)34)24(29-30(14)13-15-7-9-16(35-2)10-8-15)28-20-11-21(25)27-12-18(20)23(32)17-5-3-4-6-19(17)26;6-8(7)3-1-5-2-4-8/h3-10,15-16H,11-14,17H2,1-2H3,(H,30,31,32);3-12H,13H2,1-2H3,(H,27,28,29);5H,1-4H2. The van der Waals surface area contributed by atoms with Crippen LogP contribution in [0.3, 0.4) is 0 Å². The number of hydrogen-bond donors (Lipinski definition) is 3. The number of aromatic nitrogens is 6. The normalized spacial score (nSPS) is 14.1. The number of ketones is 2. The number of anilines is 5. The summed E-state index contributed by atoms with van der Waals surface area (Å²) in [6.07, 6.45) is 2.74. The minimum Gasteiger partial charge on any atom is -0.497 e. The highest BCUT2D eigenvalue weighted by atomic mass is 79.9. The molecule has 8 aromatic rings. The number of benzene rings is 4. The Morgan fingerprint density at radius 1 is 0.624 bits per heavy atom. The first-order chi connectivity index (χ1) is 40.5. The van der Waals surface area contributed by atoms with Gasteiger partial charge in [-0.15, -0.1) is 10.2 Å². The van der Waals surface area contributed by atoms with Gasteiger partial charge in [-0.05, 0) is 95.5 Å². The second-order valence-corrected chi connectivity index (χ2v) is 25.4. The number of methoxy groups -OCH3 is 2. The summed E-state index contributed by atoms with van der Waals surface area (Å²) in [5.41, 5.74) is 3.32. The number of pyridine rings is 2. The fourth-order valence-corrected chi connectivity index (χ4v) is 12.0. The van der Waals surface area contributed by atoms with Crippen LogP contribution in [0.2, 0.25) is 10.0 Å². The molecule has 0 atom stereocenters. The molecule has 0 spiro atoms. The molecule has 444 valence electrons. The smallest absolute Gasteiger partial charge is 0.334 e. The summed E-state index contributed by atoms with van der Waals surface area (Å²) >= 11 is 15.8. The number of nitro groups is 2. The summed E-state index contributed by atoms with van der Waals surface area (Å²) in [6, 6.07) is 30.9. The van der Waals surface area contributed by atoms with Crippen LogP contribution in [0.15, 0.2) is 126 Å². The maximum atomic E-state index is 13.6. The Labute approximate surface area is 506 Å². The third-order valence-electron chi connectivity index (χ3n) is 13.5. The Morgan fingerprint density at radius 3 is 1.44 bits per heavy atom. The molecule has 0 unspecified atom stereocenters. The molecule has 2 fully saturated rings. The highest BCUT2D eigenvalue weighted by Gasteiger charge is 2.31. The second-order valence-electron chi connectivity index (χ2n) is 19.1. The highest BCUT2D eigenvalue weighted by molar-refractivity contribution is 9.10. The average Bonchev–Trinajstić information content (AvgIpc) is 4.24. The van der Waals surface area contributed by atoms with Crippen molar-refractivity contribution in [2.45, 2.75) is 26.9 Å². The van der Waals surface area contributed by atoms with Crippen molar-refractivity contribution in [2.75, 3.05) is 78.9 Å². The van der Waals surface area contributed by atoms with E-state index in [2.05, 4.69) is 52.0 Å². The lowest BCUT2D eigenvalue weighted by Crippen LogP contribution is -2.40. The van der Waals surface area contributed by atoms with Gasteiger partial charge in [-0.25, -0.2) is 26.8 Å². The van der Waals surface area contributed by atoms with Gasteiger partial charge in [-0.3, -0.25) is 39.2 Å². The lowest BCUT2D eigenvalue weighted by atomic mass is 10.0. The summed E-state index contributed by atoms with van der Waals surface area (Å²) in [4.78, 5) is 60.3. The highest BCUT2D eigenvalue weighted by Crippen LogP contribution is 2.36. The summed E-state index contributed by atoms with van der Waals surface area (Å²) < 4.78 is 59.0. The lowest BCUT2D eigenvalue weighted by molar-refractivity contribution is -0.384. The molecule has 3 N–H and O–H groups in total. The van der Waals surface area contributed by atoms with E-state index in [0.717, 1.165) is 11.1 Å². The fourth-order valence-electron chi connectivity index (χ4n) is 8.87. The largest absolute Gasteiger partial charge is 0.497 e. The first kappa shape index (κ1) is 62.7. The average molecular weight is 1300 g/mol. The van der Waals surface area contributed by atoms with E-state index in [1.165, 1.54) is 21.8 Å². The topological polar surface area (TPSA) is 308 Å². The van der Waals surface area contributed by atoms with Gasteiger partial charge in [-0.2, -0.15) is 0 Å². The summed E-state index contributed by atoms with van der Waals surface area (Å²) in [5.74, 6) is 1.50. The monoisotopic (exact) mass is 1300 g/mol. The maximum Gasteiger partial charge on any atom is 0.334 e. The van der Waals surface area contributed by atoms with E-state index in [1.807, 2.05) is 36.4 Å². The minimum atomic E-state index is -3.14. The Balaban J connectivity index is 0.000000198. The van der Waals surface area contributed by atoms with E-state index < -0.39 is 35.3 Å². The molecule has 0 aliphatic carbocycles. The molecule has 2 aliphatic heterocycles. The molecule has 0 bridgehead atoms. The molecule has 10 rings (SSSR count). The third-order valence-corrected chi connectivity index (χ3v) is 17.9. The molecule has 85 heavy (non-hydrogen) atoms. The van der Waals surface area contributed by atoms with Crippen molar-refractivity contribution in [3.8, 4) is 11.5 Å². The molecule has 4 aromatic heterocycles. The number of sulfone groups is 2. The molecule has 6 heterocycles. The van der Waals surface area contributed by atoms with E-state index in [4.69, 9.17) is 32.7 Å². The molecule has 4 aromatic carbocycles.